The zero-order chi connectivity index (χ0) is 12.0. The van der Waals surface area contributed by atoms with Gasteiger partial charge in [0.2, 0.25) is 0 Å². The molecule has 0 heterocycles. The Balaban J connectivity index is 2.50. The summed E-state index contributed by atoms with van der Waals surface area (Å²) in [6.45, 7) is 2.14. The highest BCUT2D eigenvalue weighted by atomic mass is 35.5. The van der Waals surface area contributed by atoms with Gasteiger partial charge in [0.05, 0.1) is 15.8 Å². The summed E-state index contributed by atoms with van der Waals surface area (Å²) >= 11 is 13.3. The van der Waals surface area contributed by atoms with E-state index in [1.165, 1.54) is 0 Å². The molecule has 0 fully saturated rings. The molecule has 1 aromatic carbocycles. The number of carbonyl (C=O) groups excluding carboxylic acids is 1. The third-order valence-electron chi connectivity index (χ3n) is 2.12. The molecule has 0 aliphatic carbocycles. The molecule has 0 aliphatic heterocycles. The Labute approximate surface area is 111 Å². The predicted octanol–water partition coefficient (Wildman–Crippen LogP) is 4.71. The van der Waals surface area contributed by atoms with Crippen LogP contribution in [0, 0.1) is 0 Å². The Morgan fingerprint density at radius 3 is 2.69 bits per heavy atom. The van der Waals surface area contributed by atoms with Crippen LogP contribution in [0.2, 0.25) is 10.0 Å². The first kappa shape index (κ1) is 13.9. The molecule has 0 saturated heterocycles. The lowest BCUT2D eigenvalue weighted by Crippen LogP contribution is -2.02. The highest BCUT2D eigenvalue weighted by Gasteiger charge is 2.07. The van der Waals surface area contributed by atoms with Crippen molar-refractivity contribution >= 4 is 40.7 Å². The largest absolute Gasteiger partial charge is 0.293 e. The van der Waals surface area contributed by atoms with Crippen molar-refractivity contribution in [3.63, 3.8) is 0 Å². The zero-order valence-corrected chi connectivity index (χ0v) is 11.5. The fourth-order valence-corrected chi connectivity index (χ4v) is 2.45. The summed E-state index contributed by atoms with van der Waals surface area (Å²) in [4.78, 5) is 11.7. The van der Waals surface area contributed by atoms with Crippen molar-refractivity contribution in [2.75, 3.05) is 11.5 Å². The van der Waals surface area contributed by atoms with E-state index in [1.54, 1.807) is 30.0 Å². The number of rotatable bonds is 6. The van der Waals surface area contributed by atoms with Gasteiger partial charge < -0.3 is 0 Å². The predicted molar refractivity (Wildman–Crippen MR) is 73.0 cm³/mol. The molecule has 1 nitrogen and oxygen atoms in total. The first-order chi connectivity index (χ1) is 7.65. The number of ketones is 1. The van der Waals surface area contributed by atoms with Crippen LogP contribution in [0.25, 0.3) is 0 Å². The van der Waals surface area contributed by atoms with Gasteiger partial charge in [0.25, 0.3) is 0 Å². The molecule has 0 aromatic heterocycles. The number of hydrogen-bond donors (Lipinski definition) is 0. The topological polar surface area (TPSA) is 17.1 Å². The Hall–Kier alpha value is -0.180. The lowest BCUT2D eigenvalue weighted by molar-refractivity contribution is 0.102. The smallest absolute Gasteiger partial charge is 0.172 e. The van der Waals surface area contributed by atoms with Crippen LogP contribution in [0.15, 0.2) is 18.2 Å². The molecule has 0 N–H and O–H groups in total. The summed E-state index contributed by atoms with van der Waals surface area (Å²) in [6.07, 6.45) is 2.31. The van der Waals surface area contributed by atoms with E-state index in [4.69, 9.17) is 23.2 Å². The van der Waals surface area contributed by atoms with Gasteiger partial charge in [0.15, 0.2) is 5.78 Å². The molecule has 0 saturated carbocycles. The minimum Gasteiger partial charge on any atom is -0.293 e. The Morgan fingerprint density at radius 1 is 1.31 bits per heavy atom. The number of thioether (sulfide) groups is 1. The van der Waals surface area contributed by atoms with E-state index in [9.17, 15) is 4.79 Å². The summed E-state index contributed by atoms with van der Waals surface area (Å²) < 4.78 is 0. The highest BCUT2D eigenvalue weighted by molar-refractivity contribution is 7.99. The summed E-state index contributed by atoms with van der Waals surface area (Å²) in [5.74, 6) is 1.65. The van der Waals surface area contributed by atoms with Gasteiger partial charge in [-0.25, -0.2) is 0 Å². The highest BCUT2D eigenvalue weighted by Crippen LogP contribution is 2.23. The quantitative estimate of drug-likeness (QED) is 0.553. The molecule has 0 aliphatic rings. The second kappa shape index (κ2) is 7.21. The number of halogens is 2. The van der Waals surface area contributed by atoms with Crippen molar-refractivity contribution in [1.82, 2.24) is 0 Å². The van der Waals surface area contributed by atoms with Crippen LogP contribution in [0.5, 0.6) is 0 Å². The maximum atomic E-state index is 11.7. The molecule has 1 rings (SSSR count). The van der Waals surface area contributed by atoms with Crippen molar-refractivity contribution < 1.29 is 4.79 Å². The molecule has 16 heavy (non-hydrogen) atoms. The molecule has 0 spiro atoms. The van der Waals surface area contributed by atoms with Crippen molar-refractivity contribution in [2.45, 2.75) is 19.8 Å². The standard InChI is InChI=1S/C12H14Cl2OS/c1-2-3-6-16-8-12(15)9-4-5-10(13)11(14)7-9/h4-5,7H,2-3,6,8H2,1H3. The molecular formula is C12H14Cl2OS. The van der Waals surface area contributed by atoms with Crippen molar-refractivity contribution in [3.05, 3.63) is 33.8 Å². The SMILES string of the molecule is CCCCSCC(=O)c1ccc(Cl)c(Cl)c1. The van der Waals surface area contributed by atoms with E-state index in [-0.39, 0.29) is 5.78 Å². The van der Waals surface area contributed by atoms with Gasteiger partial charge in [-0.1, -0.05) is 36.5 Å². The third-order valence-corrected chi connectivity index (χ3v) is 3.90. The monoisotopic (exact) mass is 276 g/mol. The van der Waals surface area contributed by atoms with Crippen LogP contribution in [-0.2, 0) is 0 Å². The Bertz CT molecular complexity index is 366. The number of benzene rings is 1. The summed E-state index contributed by atoms with van der Waals surface area (Å²) in [7, 11) is 0. The molecule has 0 radical (unpaired) electrons. The minimum atomic E-state index is 0.111. The molecule has 0 unspecified atom stereocenters. The van der Waals surface area contributed by atoms with Gasteiger partial charge in [-0.3, -0.25) is 4.79 Å². The summed E-state index contributed by atoms with van der Waals surface area (Å²) in [6, 6.07) is 5.01. The first-order valence-corrected chi connectivity index (χ1v) is 7.12. The third kappa shape index (κ3) is 4.36. The lowest BCUT2D eigenvalue weighted by atomic mass is 10.1. The van der Waals surface area contributed by atoms with Gasteiger partial charge in [0.1, 0.15) is 0 Å². The van der Waals surface area contributed by atoms with Gasteiger partial charge in [-0.15, -0.1) is 0 Å². The second-order valence-electron chi connectivity index (χ2n) is 3.46. The van der Waals surface area contributed by atoms with E-state index in [0.717, 1.165) is 18.6 Å². The van der Waals surface area contributed by atoms with E-state index in [2.05, 4.69) is 6.92 Å². The fourth-order valence-electron chi connectivity index (χ4n) is 1.16. The van der Waals surface area contributed by atoms with Gasteiger partial charge in [-0.05, 0) is 30.4 Å². The Morgan fingerprint density at radius 2 is 2.06 bits per heavy atom. The number of Topliss-reactive ketones (excluding diaryl/α,β-unsaturated/α-hetero) is 1. The lowest BCUT2D eigenvalue weighted by Gasteiger charge is -2.02. The van der Waals surface area contributed by atoms with E-state index in [1.807, 2.05) is 0 Å². The van der Waals surface area contributed by atoms with E-state index < -0.39 is 0 Å². The Kier molecular flexibility index (Phi) is 6.25. The van der Waals surface area contributed by atoms with Crippen molar-refractivity contribution in [2.24, 2.45) is 0 Å². The number of carbonyl (C=O) groups is 1. The van der Waals surface area contributed by atoms with Crippen LogP contribution >= 0.6 is 35.0 Å². The molecular weight excluding hydrogens is 263 g/mol. The molecule has 0 bridgehead atoms. The minimum absolute atomic E-state index is 0.111. The van der Waals surface area contributed by atoms with Crippen molar-refractivity contribution in [1.29, 1.82) is 0 Å². The maximum Gasteiger partial charge on any atom is 0.172 e. The van der Waals surface area contributed by atoms with E-state index >= 15 is 0 Å². The number of hydrogen-bond acceptors (Lipinski definition) is 2. The molecule has 4 heteroatoms. The average molecular weight is 277 g/mol. The van der Waals surface area contributed by atoms with Crippen LogP contribution in [-0.4, -0.2) is 17.3 Å². The maximum absolute atomic E-state index is 11.7. The van der Waals surface area contributed by atoms with Crippen molar-refractivity contribution in [3.8, 4) is 0 Å². The zero-order valence-electron chi connectivity index (χ0n) is 9.13. The molecule has 0 atom stereocenters. The molecule has 0 amide bonds. The first-order valence-electron chi connectivity index (χ1n) is 5.21. The van der Waals surface area contributed by atoms with Gasteiger partial charge in [-0.2, -0.15) is 11.8 Å². The molecule has 1 aromatic rings. The summed E-state index contributed by atoms with van der Waals surface area (Å²) in [5, 5.41) is 0.919. The average Bonchev–Trinajstić information content (AvgIpc) is 2.28. The van der Waals surface area contributed by atoms with E-state index in [0.29, 0.717) is 21.4 Å². The van der Waals surface area contributed by atoms with Crippen LogP contribution < -0.4 is 0 Å². The van der Waals surface area contributed by atoms with Crippen LogP contribution in [0.3, 0.4) is 0 Å². The summed E-state index contributed by atoms with van der Waals surface area (Å²) in [5.41, 5.74) is 0.637. The second-order valence-corrected chi connectivity index (χ2v) is 5.38. The normalized spacial score (nSPS) is 10.4. The number of unbranched alkanes of at least 4 members (excludes halogenated alkanes) is 1. The van der Waals surface area contributed by atoms with Gasteiger partial charge in [0, 0.05) is 5.56 Å². The van der Waals surface area contributed by atoms with Crippen LogP contribution in [0.4, 0.5) is 0 Å². The van der Waals surface area contributed by atoms with Crippen LogP contribution in [0.1, 0.15) is 30.1 Å². The molecule has 88 valence electrons. The van der Waals surface area contributed by atoms with Gasteiger partial charge >= 0.3 is 0 Å². The fraction of sp³-hybridized carbons (Fsp3) is 0.417.